The molecule has 7 heteroatoms. The second-order valence-electron chi connectivity index (χ2n) is 7.76. The van der Waals surface area contributed by atoms with Crippen LogP contribution in [-0.4, -0.2) is 74.1 Å². The monoisotopic (exact) mass is 404 g/mol. The van der Waals surface area contributed by atoms with Crippen LogP contribution >= 0.6 is 0 Å². The third-order valence-corrected chi connectivity index (χ3v) is 5.42. The zero-order valence-electron chi connectivity index (χ0n) is 17.6. The maximum Gasteiger partial charge on any atom is 0.253 e. The molecular weight excluding hydrogens is 376 g/mol. The number of aromatic nitrogens is 2. The largest absolute Gasteiger partial charge is 0.353 e. The third kappa shape index (κ3) is 4.36. The summed E-state index contributed by atoms with van der Waals surface area (Å²) in [5.74, 6) is 1.88. The first-order valence-electron chi connectivity index (χ1n) is 10.3. The van der Waals surface area contributed by atoms with Gasteiger partial charge in [0, 0.05) is 57.0 Å². The number of likely N-dealkylation sites (N-methyl/N-ethyl adjacent to an activating group) is 1. The SMILES string of the molecule is CN(C)CCNC(=O)c1cnc(N2CCN(c3ccccn3)CC2)c2ccccc12. The van der Waals surface area contributed by atoms with Gasteiger partial charge in [0.25, 0.3) is 5.91 Å². The molecule has 3 aromatic rings. The molecule has 156 valence electrons. The lowest BCUT2D eigenvalue weighted by Gasteiger charge is -2.36. The minimum absolute atomic E-state index is 0.0768. The van der Waals surface area contributed by atoms with Gasteiger partial charge in [-0.25, -0.2) is 9.97 Å². The van der Waals surface area contributed by atoms with Gasteiger partial charge in [-0.3, -0.25) is 4.79 Å². The van der Waals surface area contributed by atoms with Crippen LogP contribution in [0.15, 0.2) is 54.9 Å². The Kier molecular flexibility index (Phi) is 6.09. The fourth-order valence-electron chi connectivity index (χ4n) is 3.79. The normalized spacial score (nSPS) is 14.4. The number of rotatable bonds is 6. The molecule has 1 aliphatic rings. The van der Waals surface area contributed by atoms with Crippen LogP contribution in [-0.2, 0) is 0 Å². The second kappa shape index (κ2) is 9.09. The molecule has 1 N–H and O–H groups in total. The summed E-state index contributed by atoms with van der Waals surface area (Å²) in [5, 5.41) is 4.96. The van der Waals surface area contributed by atoms with Crippen molar-refractivity contribution in [2.75, 3.05) is 63.2 Å². The summed E-state index contributed by atoms with van der Waals surface area (Å²) in [4.78, 5) is 28.5. The van der Waals surface area contributed by atoms with E-state index < -0.39 is 0 Å². The van der Waals surface area contributed by atoms with Gasteiger partial charge in [-0.05, 0) is 31.6 Å². The number of benzene rings is 1. The van der Waals surface area contributed by atoms with Crippen molar-refractivity contribution in [3.05, 3.63) is 60.4 Å². The summed E-state index contributed by atoms with van der Waals surface area (Å²) in [6, 6.07) is 14.0. The topological polar surface area (TPSA) is 64.6 Å². The number of carbonyl (C=O) groups excluding carboxylic acids is 1. The molecule has 0 unspecified atom stereocenters. The molecule has 30 heavy (non-hydrogen) atoms. The van der Waals surface area contributed by atoms with E-state index in [1.807, 2.05) is 61.6 Å². The van der Waals surface area contributed by atoms with Gasteiger partial charge in [0.2, 0.25) is 0 Å². The molecule has 7 nitrogen and oxygen atoms in total. The van der Waals surface area contributed by atoms with Gasteiger partial charge >= 0.3 is 0 Å². The van der Waals surface area contributed by atoms with Crippen LogP contribution in [0.1, 0.15) is 10.4 Å². The summed E-state index contributed by atoms with van der Waals surface area (Å²) < 4.78 is 0. The summed E-state index contributed by atoms with van der Waals surface area (Å²) >= 11 is 0. The van der Waals surface area contributed by atoms with Crippen molar-refractivity contribution in [2.45, 2.75) is 0 Å². The molecule has 3 heterocycles. The van der Waals surface area contributed by atoms with Gasteiger partial charge < -0.3 is 20.0 Å². The van der Waals surface area contributed by atoms with Gasteiger partial charge in [0.05, 0.1) is 5.56 Å². The van der Waals surface area contributed by atoms with Crippen LogP contribution in [0, 0.1) is 0 Å². The Morgan fingerprint density at radius 3 is 2.37 bits per heavy atom. The number of hydrogen-bond acceptors (Lipinski definition) is 6. The van der Waals surface area contributed by atoms with E-state index in [-0.39, 0.29) is 5.91 Å². The molecule has 1 saturated heterocycles. The van der Waals surface area contributed by atoms with E-state index in [9.17, 15) is 4.79 Å². The molecule has 0 bridgehead atoms. The van der Waals surface area contributed by atoms with Crippen molar-refractivity contribution in [2.24, 2.45) is 0 Å². The maximum absolute atomic E-state index is 12.7. The Morgan fingerprint density at radius 2 is 1.67 bits per heavy atom. The molecule has 1 aromatic carbocycles. The Labute approximate surface area is 177 Å². The third-order valence-electron chi connectivity index (χ3n) is 5.42. The number of fused-ring (bicyclic) bond motifs is 1. The van der Waals surface area contributed by atoms with Crippen molar-refractivity contribution in [1.29, 1.82) is 0 Å². The highest BCUT2D eigenvalue weighted by Gasteiger charge is 2.22. The number of anilines is 2. The smallest absolute Gasteiger partial charge is 0.253 e. The average molecular weight is 405 g/mol. The average Bonchev–Trinajstić information content (AvgIpc) is 2.79. The molecule has 4 rings (SSSR count). The number of amides is 1. The summed E-state index contributed by atoms with van der Waals surface area (Å²) in [6.07, 6.45) is 3.55. The lowest BCUT2D eigenvalue weighted by molar-refractivity contribution is 0.0952. The maximum atomic E-state index is 12.7. The van der Waals surface area contributed by atoms with E-state index in [0.717, 1.165) is 55.1 Å². The van der Waals surface area contributed by atoms with Crippen LogP contribution in [0.5, 0.6) is 0 Å². The lowest BCUT2D eigenvalue weighted by Crippen LogP contribution is -2.47. The molecular formula is C23H28N6O. The highest BCUT2D eigenvalue weighted by molar-refractivity contribution is 6.09. The molecule has 1 amide bonds. The Morgan fingerprint density at radius 1 is 0.967 bits per heavy atom. The van der Waals surface area contributed by atoms with Gasteiger partial charge in [-0.1, -0.05) is 30.3 Å². The number of pyridine rings is 2. The van der Waals surface area contributed by atoms with Crippen molar-refractivity contribution in [3.8, 4) is 0 Å². The van der Waals surface area contributed by atoms with Crippen molar-refractivity contribution in [3.63, 3.8) is 0 Å². The summed E-state index contributed by atoms with van der Waals surface area (Å²) in [7, 11) is 3.98. The van der Waals surface area contributed by atoms with E-state index in [0.29, 0.717) is 12.1 Å². The van der Waals surface area contributed by atoms with E-state index in [2.05, 4.69) is 26.2 Å². The minimum atomic E-state index is -0.0768. The minimum Gasteiger partial charge on any atom is -0.353 e. The number of hydrogen-bond donors (Lipinski definition) is 1. The Hall–Kier alpha value is -3.19. The number of nitrogens with zero attached hydrogens (tertiary/aromatic N) is 5. The Bertz CT molecular complexity index is 999. The zero-order chi connectivity index (χ0) is 20.9. The molecule has 0 saturated carbocycles. The van der Waals surface area contributed by atoms with Crippen LogP contribution < -0.4 is 15.1 Å². The predicted octanol–water partition coefficient (Wildman–Crippen LogP) is 2.25. The molecule has 2 aromatic heterocycles. The molecule has 0 radical (unpaired) electrons. The van der Waals surface area contributed by atoms with Gasteiger partial charge in [-0.15, -0.1) is 0 Å². The quantitative estimate of drug-likeness (QED) is 0.680. The van der Waals surface area contributed by atoms with Gasteiger partial charge in [0.1, 0.15) is 11.6 Å². The molecule has 1 fully saturated rings. The van der Waals surface area contributed by atoms with Crippen LogP contribution in [0.25, 0.3) is 10.8 Å². The van der Waals surface area contributed by atoms with Crippen molar-refractivity contribution in [1.82, 2.24) is 20.2 Å². The molecule has 0 spiro atoms. The van der Waals surface area contributed by atoms with E-state index in [4.69, 9.17) is 4.98 Å². The standard InChI is InChI=1S/C23H28N6O/c1-27(2)12-11-25-23(30)20-17-26-22(19-8-4-3-7-18(19)20)29-15-13-28(14-16-29)21-9-5-6-10-24-21/h3-10,17H,11-16H2,1-2H3,(H,25,30). The second-order valence-corrected chi connectivity index (χ2v) is 7.76. The highest BCUT2D eigenvalue weighted by atomic mass is 16.1. The highest BCUT2D eigenvalue weighted by Crippen LogP contribution is 2.28. The van der Waals surface area contributed by atoms with E-state index in [1.165, 1.54) is 0 Å². The number of piperazine rings is 1. The van der Waals surface area contributed by atoms with Crippen LogP contribution in [0.3, 0.4) is 0 Å². The Balaban J connectivity index is 1.53. The van der Waals surface area contributed by atoms with Gasteiger partial charge in [0.15, 0.2) is 0 Å². The first-order chi connectivity index (χ1) is 14.6. The van der Waals surface area contributed by atoms with E-state index in [1.54, 1.807) is 6.20 Å². The molecule has 0 atom stereocenters. The fraction of sp³-hybridized carbons (Fsp3) is 0.348. The molecule has 1 aliphatic heterocycles. The number of carbonyl (C=O) groups is 1. The lowest BCUT2D eigenvalue weighted by atomic mass is 10.1. The summed E-state index contributed by atoms with van der Waals surface area (Å²) in [5.41, 5.74) is 0.625. The first-order valence-corrected chi connectivity index (χ1v) is 10.3. The first kappa shape index (κ1) is 20.1. The van der Waals surface area contributed by atoms with E-state index >= 15 is 0 Å². The zero-order valence-corrected chi connectivity index (χ0v) is 17.6. The predicted molar refractivity (Wildman–Crippen MR) is 121 cm³/mol. The number of nitrogens with one attached hydrogen (secondary N) is 1. The fourth-order valence-corrected chi connectivity index (χ4v) is 3.79. The van der Waals surface area contributed by atoms with Crippen LogP contribution in [0.2, 0.25) is 0 Å². The van der Waals surface area contributed by atoms with Crippen molar-refractivity contribution < 1.29 is 4.79 Å². The van der Waals surface area contributed by atoms with Gasteiger partial charge in [-0.2, -0.15) is 0 Å². The summed E-state index contributed by atoms with van der Waals surface area (Å²) in [6.45, 7) is 4.91. The van der Waals surface area contributed by atoms with Crippen LogP contribution in [0.4, 0.5) is 11.6 Å². The van der Waals surface area contributed by atoms with Crippen molar-refractivity contribution >= 4 is 28.3 Å². The molecule has 0 aliphatic carbocycles.